The highest BCUT2D eigenvalue weighted by atomic mass is 16.5. The third-order valence-corrected chi connectivity index (χ3v) is 5.95. The molecule has 4 heteroatoms. The zero-order valence-corrected chi connectivity index (χ0v) is 14.2. The number of esters is 1. The van der Waals surface area contributed by atoms with Crippen LogP contribution in [0.2, 0.25) is 0 Å². The van der Waals surface area contributed by atoms with E-state index in [1.54, 1.807) is 0 Å². The number of likely N-dealkylation sites (tertiary alicyclic amines) is 1. The van der Waals surface area contributed by atoms with Gasteiger partial charge in [0.05, 0.1) is 12.2 Å². The molecule has 5 rings (SSSR count). The van der Waals surface area contributed by atoms with Gasteiger partial charge in [0.1, 0.15) is 12.4 Å². The number of rotatable bonds is 2. The van der Waals surface area contributed by atoms with Crippen molar-refractivity contribution in [3.05, 3.63) is 64.7 Å². The zero-order valence-electron chi connectivity index (χ0n) is 14.2. The van der Waals surface area contributed by atoms with Gasteiger partial charge in [-0.1, -0.05) is 36.4 Å². The second-order valence-corrected chi connectivity index (χ2v) is 7.38. The Morgan fingerprint density at radius 3 is 2.60 bits per heavy atom. The molecule has 0 N–H and O–H groups in total. The Morgan fingerprint density at radius 1 is 1.00 bits per heavy atom. The molecule has 0 radical (unpaired) electrons. The molecule has 3 heterocycles. The highest BCUT2D eigenvalue weighted by Crippen LogP contribution is 2.49. The number of benzene rings is 2. The number of carbonyl (C=O) groups is 1. The van der Waals surface area contributed by atoms with Crippen molar-refractivity contribution in [2.45, 2.75) is 31.4 Å². The Kier molecular flexibility index (Phi) is 3.35. The molecule has 0 unspecified atom stereocenters. The van der Waals surface area contributed by atoms with Gasteiger partial charge < -0.3 is 9.47 Å². The Labute approximate surface area is 147 Å². The standard InChI is InChI=1S/C21H21NO3/c23-20-16-6-7-18-19(17(16)13-24-20)25-14-21(18)8-10-22(11-9-21)12-15-4-2-1-3-5-15/h1-7H,8-14H2. The number of ether oxygens (including phenoxy) is 2. The van der Waals surface area contributed by atoms with Crippen LogP contribution in [-0.4, -0.2) is 30.6 Å². The summed E-state index contributed by atoms with van der Waals surface area (Å²) in [4.78, 5) is 14.3. The first-order valence-electron chi connectivity index (χ1n) is 8.98. The van der Waals surface area contributed by atoms with Gasteiger partial charge in [-0.3, -0.25) is 4.90 Å². The predicted octanol–water partition coefficient (Wildman–Crippen LogP) is 3.28. The fourth-order valence-corrected chi connectivity index (χ4v) is 4.44. The first-order chi connectivity index (χ1) is 12.3. The Bertz CT molecular complexity index is 823. The van der Waals surface area contributed by atoms with Crippen LogP contribution < -0.4 is 4.74 Å². The van der Waals surface area contributed by atoms with Gasteiger partial charge >= 0.3 is 5.97 Å². The minimum atomic E-state index is -0.222. The summed E-state index contributed by atoms with van der Waals surface area (Å²) in [7, 11) is 0. The SMILES string of the molecule is O=C1OCc2c1ccc1c2OCC12CCN(Cc1ccccc1)CC2. The van der Waals surface area contributed by atoms with E-state index < -0.39 is 0 Å². The molecule has 128 valence electrons. The van der Waals surface area contributed by atoms with E-state index in [2.05, 4.69) is 41.3 Å². The minimum absolute atomic E-state index is 0.100. The predicted molar refractivity (Wildman–Crippen MR) is 93.7 cm³/mol. The molecule has 1 saturated heterocycles. The molecule has 3 aliphatic rings. The molecule has 4 nitrogen and oxygen atoms in total. The quantitative estimate of drug-likeness (QED) is 0.790. The van der Waals surface area contributed by atoms with Crippen molar-refractivity contribution >= 4 is 5.97 Å². The summed E-state index contributed by atoms with van der Waals surface area (Å²) in [6.45, 7) is 4.24. The van der Waals surface area contributed by atoms with Gasteiger partial charge in [0, 0.05) is 23.1 Å². The van der Waals surface area contributed by atoms with E-state index in [4.69, 9.17) is 9.47 Å². The highest BCUT2D eigenvalue weighted by Gasteiger charge is 2.45. The van der Waals surface area contributed by atoms with Gasteiger partial charge in [-0.15, -0.1) is 0 Å². The van der Waals surface area contributed by atoms with Crippen molar-refractivity contribution in [1.82, 2.24) is 4.90 Å². The van der Waals surface area contributed by atoms with E-state index in [9.17, 15) is 4.79 Å². The molecular formula is C21H21NO3. The molecule has 25 heavy (non-hydrogen) atoms. The second-order valence-electron chi connectivity index (χ2n) is 7.38. The van der Waals surface area contributed by atoms with Crippen LogP contribution in [0, 0.1) is 0 Å². The summed E-state index contributed by atoms with van der Waals surface area (Å²) in [5.41, 5.74) is 4.38. The topological polar surface area (TPSA) is 38.8 Å². The second kappa shape index (κ2) is 5.60. The fraction of sp³-hybridized carbons (Fsp3) is 0.381. The van der Waals surface area contributed by atoms with Crippen LogP contribution in [0.1, 0.15) is 39.9 Å². The maximum Gasteiger partial charge on any atom is 0.339 e. The molecule has 1 spiro atoms. The normalized spacial score (nSPS) is 20.9. The number of piperidine rings is 1. The summed E-state index contributed by atoms with van der Waals surface area (Å²) < 4.78 is 11.3. The first-order valence-corrected chi connectivity index (χ1v) is 8.98. The van der Waals surface area contributed by atoms with Crippen LogP contribution in [0.3, 0.4) is 0 Å². The fourth-order valence-electron chi connectivity index (χ4n) is 4.44. The lowest BCUT2D eigenvalue weighted by atomic mass is 9.74. The average molecular weight is 335 g/mol. The molecule has 2 aromatic rings. The van der Waals surface area contributed by atoms with Crippen molar-refractivity contribution < 1.29 is 14.3 Å². The van der Waals surface area contributed by atoms with E-state index >= 15 is 0 Å². The third kappa shape index (κ3) is 2.35. The molecule has 2 aromatic carbocycles. The van der Waals surface area contributed by atoms with Gasteiger partial charge in [-0.25, -0.2) is 4.79 Å². The van der Waals surface area contributed by atoms with Crippen molar-refractivity contribution in [3.8, 4) is 5.75 Å². The number of fused-ring (bicyclic) bond motifs is 4. The van der Waals surface area contributed by atoms with E-state index in [0.29, 0.717) is 12.2 Å². The summed E-state index contributed by atoms with van der Waals surface area (Å²) in [6.07, 6.45) is 2.20. The number of carbonyl (C=O) groups excluding carboxylic acids is 1. The lowest BCUT2D eigenvalue weighted by Crippen LogP contribution is -2.43. The van der Waals surface area contributed by atoms with Crippen molar-refractivity contribution in [2.24, 2.45) is 0 Å². The Hall–Kier alpha value is -2.33. The molecule has 1 fully saturated rings. The zero-order chi connectivity index (χ0) is 16.9. The molecule has 0 bridgehead atoms. The maximum atomic E-state index is 11.8. The van der Waals surface area contributed by atoms with Gasteiger partial charge in [-0.2, -0.15) is 0 Å². The molecule has 3 aliphatic heterocycles. The van der Waals surface area contributed by atoms with Crippen molar-refractivity contribution in [2.75, 3.05) is 19.7 Å². The summed E-state index contributed by atoms with van der Waals surface area (Å²) >= 11 is 0. The smallest absolute Gasteiger partial charge is 0.339 e. The highest BCUT2D eigenvalue weighted by molar-refractivity contribution is 5.94. The van der Waals surface area contributed by atoms with Gasteiger partial charge in [0.2, 0.25) is 0 Å². The first kappa shape index (κ1) is 15.0. The van der Waals surface area contributed by atoms with E-state index in [-0.39, 0.29) is 11.4 Å². The third-order valence-electron chi connectivity index (χ3n) is 5.95. The summed E-state index contributed by atoms with van der Waals surface area (Å²) in [5, 5.41) is 0. The lowest BCUT2D eigenvalue weighted by molar-refractivity contribution is 0.0534. The molecule has 0 aromatic heterocycles. The lowest BCUT2D eigenvalue weighted by Gasteiger charge is -2.38. The van der Waals surface area contributed by atoms with Gasteiger partial charge in [0.25, 0.3) is 0 Å². The largest absolute Gasteiger partial charge is 0.492 e. The van der Waals surface area contributed by atoms with Crippen LogP contribution in [-0.2, 0) is 23.3 Å². The van der Waals surface area contributed by atoms with E-state index in [0.717, 1.165) is 50.4 Å². The number of cyclic esters (lactones) is 1. The van der Waals surface area contributed by atoms with Gasteiger partial charge in [0.15, 0.2) is 0 Å². The minimum Gasteiger partial charge on any atom is -0.492 e. The van der Waals surface area contributed by atoms with Crippen LogP contribution in [0.4, 0.5) is 0 Å². The Balaban J connectivity index is 1.36. The van der Waals surface area contributed by atoms with Gasteiger partial charge in [-0.05, 0) is 37.6 Å². The van der Waals surface area contributed by atoms with E-state index in [1.807, 2.05) is 6.07 Å². The van der Waals surface area contributed by atoms with E-state index in [1.165, 1.54) is 11.1 Å². The van der Waals surface area contributed by atoms with Crippen molar-refractivity contribution in [3.63, 3.8) is 0 Å². The Morgan fingerprint density at radius 2 is 1.80 bits per heavy atom. The maximum absolute atomic E-state index is 11.8. The summed E-state index contributed by atoms with van der Waals surface area (Å²) in [6, 6.07) is 14.7. The van der Waals surface area contributed by atoms with Crippen LogP contribution in [0.5, 0.6) is 5.75 Å². The van der Waals surface area contributed by atoms with Crippen LogP contribution in [0.15, 0.2) is 42.5 Å². The summed E-state index contributed by atoms with van der Waals surface area (Å²) in [5.74, 6) is 0.694. The molecular weight excluding hydrogens is 314 g/mol. The molecule has 0 amide bonds. The number of nitrogens with zero attached hydrogens (tertiary/aromatic N) is 1. The molecule has 0 saturated carbocycles. The average Bonchev–Trinajstić information content (AvgIpc) is 3.20. The number of hydrogen-bond acceptors (Lipinski definition) is 4. The molecule has 0 atom stereocenters. The van der Waals surface area contributed by atoms with Crippen LogP contribution >= 0.6 is 0 Å². The number of hydrogen-bond donors (Lipinski definition) is 0. The van der Waals surface area contributed by atoms with Crippen molar-refractivity contribution in [1.29, 1.82) is 0 Å². The monoisotopic (exact) mass is 335 g/mol. The molecule has 0 aliphatic carbocycles. The van der Waals surface area contributed by atoms with Crippen LogP contribution in [0.25, 0.3) is 0 Å².